The maximum atomic E-state index is 15.5. The first-order valence-corrected chi connectivity index (χ1v) is 11.5. The summed E-state index contributed by atoms with van der Waals surface area (Å²) in [7, 11) is 0. The van der Waals surface area contributed by atoms with Gasteiger partial charge in [-0.15, -0.1) is 0 Å². The second-order valence-corrected chi connectivity index (χ2v) is 11.3. The average molecular weight is 437 g/mol. The Balaban J connectivity index is 1.61. The second kappa shape index (κ2) is 6.46. The Morgan fingerprint density at radius 3 is 2.65 bits per heavy atom. The molecule has 0 aromatic rings. The van der Waals surface area contributed by atoms with Crippen molar-refractivity contribution in [3.8, 4) is 0 Å². The SMILES string of the molecule is CC1(C)OC2CC3C4CC(F)C5=CC(=O)CC[C@]5(C)C4C(O)C[C@]3(C)[C@]2(C(=O)CO)O1. The molecule has 5 aliphatic rings. The maximum absolute atomic E-state index is 15.5. The minimum atomic E-state index is -1.35. The fourth-order valence-corrected chi connectivity index (χ4v) is 8.41. The molecular weight excluding hydrogens is 403 g/mol. The highest BCUT2D eigenvalue weighted by Crippen LogP contribution is 2.70. The van der Waals surface area contributed by atoms with Gasteiger partial charge in [-0.25, -0.2) is 4.39 Å². The molecule has 0 radical (unpaired) electrons. The van der Waals surface area contributed by atoms with Gasteiger partial charge in [0.25, 0.3) is 0 Å². The molecule has 4 fully saturated rings. The van der Waals surface area contributed by atoms with E-state index in [1.807, 2.05) is 13.8 Å². The van der Waals surface area contributed by atoms with Crippen LogP contribution >= 0.6 is 0 Å². The largest absolute Gasteiger partial charge is 0.393 e. The second-order valence-electron chi connectivity index (χ2n) is 11.3. The van der Waals surface area contributed by atoms with Crippen LogP contribution in [0.5, 0.6) is 0 Å². The van der Waals surface area contributed by atoms with E-state index in [9.17, 15) is 19.8 Å². The van der Waals surface area contributed by atoms with Gasteiger partial charge in [0.05, 0.1) is 12.2 Å². The molecule has 7 heteroatoms. The number of halogens is 1. The fourth-order valence-electron chi connectivity index (χ4n) is 8.41. The number of Topliss-reactive ketones (excluding diaryl/α,β-unsaturated/α-hetero) is 1. The average Bonchev–Trinajstić information content (AvgIpc) is 3.08. The zero-order valence-corrected chi connectivity index (χ0v) is 18.7. The number of carbonyl (C=O) groups excluding carboxylic acids is 2. The zero-order valence-electron chi connectivity index (χ0n) is 18.7. The van der Waals surface area contributed by atoms with Crippen molar-refractivity contribution in [3.05, 3.63) is 11.6 Å². The summed E-state index contributed by atoms with van der Waals surface area (Å²) in [6.45, 7) is 6.78. The molecule has 1 aliphatic heterocycles. The zero-order chi connectivity index (χ0) is 22.6. The van der Waals surface area contributed by atoms with Gasteiger partial charge < -0.3 is 19.7 Å². The van der Waals surface area contributed by atoms with Crippen LogP contribution in [0, 0.1) is 28.6 Å². The molecule has 1 heterocycles. The summed E-state index contributed by atoms with van der Waals surface area (Å²) in [6, 6.07) is 0. The number of carbonyl (C=O) groups is 2. The first-order valence-electron chi connectivity index (χ1n) is 11.5. The van der Waals surface area contributed by atoms with Gasteiger partial charge >= 0.3 is 0 Å². The molecule has 1 saturated heterocycles. The Bertz CT molecular complexity index is 868. The number of aliphatic hydroxyl groups excluding tert-OH is 2. The van der Waals surface area contributed by atoms with E-state index in [2.05, 4.69) is 0 Å². The van der Waals surface area contributed by atoms with Crippen LogP contribution in [-0.2, 0) is 19.1 Å². The summed E-state index contributed by atoms with van der Waals surface area (Å²) < 4.78 is 27.9. The molecule has 5 rings (SSSR count). The molecule has 0 aromatic carbocycles. The van der Waals surface area contributed by atoms with E-state index >= 15 is 4.39 Å². The standard InChI is InChI=1S/C24H33FO6/c1-21(2)30-19-9-14-13-8-16(25)15-7-12(27)5-6-22(15,3)20(13)17(28)10-23(14,4)24(19,31-21)18(29)11-26/h7,13-14,16-17,19-20,26,28H,5-6,8-11H2,1-4H3/t13?,14?,16?,17?,19?,20?,22-,23-,24+/m0/s1. The smallest absolute Gasteiger partial charge is 0.193 e. The van der Waals surface area contributed by atoms with Gasteiger partial charge in [-0.2, -0.15) is 0 Å². The molecule has 0 aromatic heterocycles. The van der Waals surface area contributed by atoms with Crippen molar-refractivity contribution >= 4 is 11.6 Å². The lowest BCUT2D eigenvalue weighted by Gasteiger charge is -2.61. The van der Waals surface area contributed by atoms with Crippen molar-refractivity contribution in [2.45, 2.75) is 89.6 Å². The minimum absolute atomic E-state index is 0.0457. The first kappa shape index (κ1) is 21.7. The number of ketones is 2. The van der Waals surface area contributed by atoms with Gasteiger partial charge in [0.1, 0.15) is 12.8 Å². The van der Waals surface area contributed by atoms with Gasteiger partial charge in [0.15, 0.2) is 23.0 Å². The third-order valence-electron chi connectivity index (χ3n) is 9.42. The van der Waals surface area contributed by atoms with Gasteiger partial charge in [-0.1, -0.05) is 13.8 Å². The van der Waals surface area contributed by atoms with Crippen molar-refractivity contribution in [1.29, 1.82) is 0 Å². The fraction of sp³-hybridized carbons (Fsp3) is 0.833. The van der Waals surface area contributed by atoms with E-state index in [1.54, 1.807) is 13.8 Å². The van der Waals surface area contributed by atoms with Crippen molar-refractivity contribution in [1.82, 2.24) is 0 Å². The summed E-state index contributed by atoms with van der Waals surface area (Å²) in [5, 5.41) is 21.3. The Labute approximate surface area is 182 Å². The number of alkyl halides is 1. The van der Waals surface area contributed by atoms with Crippen LogP contribution in [0.2, 0.25) is 0 Å². The monoisotopic (exact) mass is 436 g/mol. The number of hydrogen-bond acceptors (Lipinski definition) is 6. The highest BCUT2D eigenvalue weighted by Gasteiger charge is 2.77. The predicted molar refractivity (Wildman–Crippen MR) is 109 cm³/mol. The molecule has 172 valence electrons. The minimum Gasteiger partial charge on any atom is -0.393 e. The van der Waals surface area contributed by atoms with E-state index in [0.29, 0.717) is 31.3 Å². The third kappa shape index (κ3) is 2.58. The van der Waals surface area contributed by atoms with Gasteiger partial charge in [0, 0.05) is 11.8 Å². The molecule has 3 saturated carbocycles. The molecule has 0 amide bonds. The van der Waals surface area contributed by atoms with E-state index in [0.717, 1.165) is 0 Å². The summed E-state index contributed by atoms with van der Waals surface area (Å²) >= 11 is 0. The van der Waals surface area contributed by atoms with Gasteiger partial charge in [-0.3, -0.25) is 9.59 Å². The van der Waals surface area contributed by atoms with Crippen LogP contribution in [0.4, 0.5) is 4.39 Å². The van der Waals surface area contributed by atoms with Gasteiger partial charge in [0.2, 0.25) is 0 Å². The number of hydrogen-bond donors (Lipinski definition) is 2. The number of rotatable bonds is 2. The number of allylic oxidation sites excluding steroid dienone is 1. The molecule has 0 bridgehead atoms. The predicted octanol–water partition coefficient (Wildman–Crippen LogP) is 2.50. The van der Waals surface area contributed by atoms with Crippen LogP contribution in [0.1, 0.15) is 59.8 Å². The molecule has 4 aliphatic carbocycles. The third-order valence-corrected chi connectivity index (χ3v) is 9.42. The molecule has 2 N–H and O–H groups in total. The van der Waals surface area contributed by atoms with Crippen molar-refractivity contribution in [2.24, 2.45) is 28.6 Å². The van der Waals surface area contributed by atoms with Crippen molar-refractivity contribution < 1.29 is 33.7 Å². The lowest BCUT2D eigenvalue weighted by Crippen LogP contribution is -2.64. The summed E-state index contributed by atoms with van der Waals surface area (Å²) in [4.78, 5) is 25.2. The van der Waals surface area contributed by atoms with Crippen LogP contribution in [0.3, 0.4) is 0 Å². The topological polar surface area (TPSA) is 93.1 Å². The van der Waals surface area contributed by atoms with E-state index in [-0.39, 0.29) is 30.0 Å². The van der Waals surface area contributed by atoms with Gasteiger partial charge in [-0.05, 0) is 74.3 Å². The molecule has 31 heavy (non-hydrogen) atoms. The highest BCUT2D eigenvalue weighted by atomic mass is 19.1. The Kier molecular flexibility index (Phi) is 4.52. The van der Waals surface area contributed by atoms with Crippen LogP contribution in [-0.4, -0.2) is 58.2 Å². The summed E-state index contributed by atoms with van der Waals surface area (Å²) in [5.74, 6) is -1.90. The molecule has 6 nitrogen and oxygen atoms in total. The van der Waals surface area contributed by atoms with E-state index in [1.165, 1.54) is 6.08 Å². The lowest BCUT2D eigenvalue weighted by atomic mass is 9.45. The van der Waals surface area contributed by atoms with Crippen LogP contribution < -0.4 is 0 Å². The Morgan fingerprint density at radius 2 is 1.97 bits per heavy atom. The summed E-state index contributed by atoms with van der Waals surface area (Å²) in [6.07, 6.45) is 0.872. The normalized spacial score (nSPS) is 52.6. The Morgan fingerprint density at radius 1 is 1.26 bits per heavy atom. The van der Waals surface area contributed by atoms with Crippen molar-refractivity contribution in [2.75, 3.05) is 6.61 Å². The number of aliphatic hydroxyl groups is 2. The highest BCUT2D eigenvalue weighted by molar-refractivity contribution is 5.92. The number of fused-ring (bicyclic) bond motifs is 7. The lowest BCUT2D eigenvalue weighted by molar-refractivity contribution is -0.228. The summed E-state index contributed by atoms with van der Waals surface area (Å²) in [5.41, 5.74) is -2.19. The molecule has 0 spiro atoms. The first-order chi connectivity index (χ1) is 14.4. The molecular formula is C24H33FO6. The van der Waals surface area contributed by atoms with E-state index in [4.69, 9.17) is 9.47 Å². The maximum Gasteiger partial charge on any atom is 0.193 e. The van der Waals surface area contributed by atoms with Crippen molar-refractivity contribution in [3.63, 3.8) is 0 Å². The molecule has 6 unspecified atom stereocenters. The quantitative estimate of drug-likeness (QED) is 0.691. The molecule has 9 atom stereocenters. The van der Waals surface area contributed by atoms with Crippen LogP contribution in [0.15, 0.2) is 11.6 Å². The number of ether oxygens (including phenoxy) is 2. The van der Waals surface area contributed by atoms with E-state index < -0.39 is 53.0 Å². The Hall–Kier alpha value is -1.15. The van der Waals surface area contributed by atoms with Crippen LogP contribution in [0.25, 0.3) is 0 Å².